The molecule has 5 N–H and O–H groups in total. The number of nitrogens with one attached hydrogen (secondary N) is 2. The molecular formula is C43H51Cl2F4N7O15P2. The number of carboxylic acids is 1. The quantitative estimate of drug-likeness (QED) is 0.00893. The molecule has 0 bridgehead atoms. The van der Waals surface area contributed by atoms with Crippen LogP contribution in [-0.4, -0.2) is 99.0 Å². The topological polar surface area (TPSA) is 310 Å². The van der Waals surface area contributed by atoms with Crippen molar-refractivity contribution in [1.29, 1.82) is 0 Å². The monoisotopic (exact) mass is 1110 g/mol. The van der Waals surface area contributed by atoms with E-state index in [9.17, 15) is 53.6 Å². The van der Waals surface area contributed by atoms with E-state index in [1.54, 1.807) is 0 Å². The maximum atomic E-state index is 16.3. The van der Waals surface area contributed by atoms with E-state index in [1.165, 1.54) is 0 Å². The zero-order valence-corrected chi connectivity index (χ0v) is 42.3. The van der Waals surface area contributed by atoms with Crippen molar-refractivity contribution in [2.45, 2.75) is 81.6 Å². The highest BCUT2D eigenvalue weighted by atomic mass is 35.5. The van der Waals surface area contributed by atoms with Crippen molar-refractivity contribution in [3.8, 4) is 0 Å². The summed E-state index contributed by atoms with van der Waals surface area (Å²) in [6.45, 7) is -1.97. The lowest BCUT2D eigenvalue weighted by Gasteiger charge is -2.33. The van der Waals surface area contributed by atoms with Crippen LogP contribution < -0.4 is 16.4 Å². The molecule has 2 unspecified atom stereocenters. The van der Waals surface area contributed by atoms with Gasteiger partial charge >= 0.3 is 44.1 Å². The van der Waals surface area contributed by atoms with Crippen molar-refractivity contribution < 1.29 is 78.7 Å². The molecular weight excluding hydrogens is 1060 g/mol. The Kier molecular flexibility index (Phi) is 21.7. The van der Waals surface area contributed by atoms with Crippen LogP contribution in [0.15, 0.2) is 81.6 Å². The normalized spacial score (nSPS) is 14.5. The van der Waals surface area contributed by atoms with Crippen LogP contribution in [0, 0.1) is 20.2 Å². The van der Waals surface area contributed by atoms with Gasteiger partial charge in [0.25, 0.3) is 0 Å². The molecule has 0 saturated heterocycles. The van der Waals surface area contributed by atoms with Gasteiger partial charge < -0.3 is 39.4 Å². The number of furan rings is 2. The Labute approximate surface area is 424 Å². The number of alkyl halides is 6. The third-order valence-electron chi connectivity index (χ3n) is 10.9. The summed E-state index contributed by atoms with van der Waals surface area (Å²) in [5.74, 6) is -6.44. The second-order valence-electron chi connectivity index (χ2n) is 16.2. The minimum absolute atomic E-state index is 0.0642. The smallest absolute Gasteiger partial charge is 0.433 e. The van der Waals surface area contributed by atoms with E-state index in [2.05, 4.69) is 10.6 Å². The minimum atomic E-state index is -5.18. The molecule has 22 nitrogen and oxygen atoms in total. The van der Waals surface area contributed by atoms with Gasteiger partial charge in [0.05, 0.1) is 25.0 Å². The van der Waals surface area contributed by atoms with Crippen molar-refractivity contribution in [3.05, 3.63) is 127 Å². The van der Waals surface area contributed by atoms with Gasteiger partial charge in [-0.2, -0.15) is 17.6 Å². The third-order valence-corrected chi connectivity index (χ3v) is 16.5. The molecule has 73 heavy (non-hydrogen) atoms. The number of benzene rings is 2. The van der Waals surface area contributed by atoms with Gasteiger partial charge in [-0.1, -0.05) is 48.5 Å². The van der Waals surface area contributed by atoms with Crippen LogP contribution in [0.3, 0.4) is 0 Å². The van der Waals surface area contributed by atoms with Crippen molar-refractivity contribution in [3.63, 3.8) is 0 Å². The number of hydrogen-bond donors (Lipinski definition) is 4. The number of nitrogens with two attached hydrogens (primary N) is 1. The molecule has 0 saturated carbocycles. The minimum Gasteiger partial charge on any atom is -0.481 e. The SMILES string of the molecule is CN(CCCCCl)P(=O)(OCc1ccc([N+](=O)[O-])o1)C(F)(F)c1ccc(CC(=O)N[C@@H](CC(=O)O)C(=O)N[C@@H](Cc2ccc(C(F)(F)P(=O)(OCc3ccc([N+](=O)[O-])o3)N(C)CCCCCl)cc2)C(N)=O)cc1. The molecule has 0 aliphatic rings. The summed E-state index contributed by atoms with van der Waals surface area (Å²) < 4.78 is 116. The van der Waals surface area contributed by atoms with Gasteiger partial charge in [-0.05, 0) is 63.0 Å². The Hall–Kier alpha value is -5.72. The number of halogens is 6. The molecule has 4 atom stereocenters. The van der Waals surface area contributed by atoms with Gasteiger partial charge in [-0.25, -0.2) is 9.34 Å². The predicted octanol–water partition coefficient (Wildman–Crippen LogP) is 8.22. The number of carboxylic acid groups (broad SMARTS) is 1. The van der Waals surface area contributed by atoms with E-state index in [0.717, 1.165) is 96.2 Å². The summed E-state index contributed by atoms with van der Waals surface area (Å²) in [6, 6.07) is 8.56. The number of amides is 3. The Morgan fingerprint density at radius 2 is 1.14 bits per heavy atom. The fourth-order valence-corrected chi connectivity index (χ4v) is 11.2. The highest BCUT2D eigenvalue weighted by Crippen LogP contribution is 2.69. The van der Waals surface area contributed by atoms with Crippen molar-refractivity contribution in [2.24, 2.45) is 5.73 Å². The molecule has 0 spiro atoms. The van der Waals surface area contributed by atoms with E-state index in [-0.39, 0.29) is 60.3 Å². The summed E-state index contributed by atoms with van der Waals surface area (Å²) >= 11 is 11.5. The highest BCUT2D eigenvalue weighted by Gasteiger charge is 2.57. The number of aliphatic carboxylic acids is 1. The fourth-order valence-electron chi connectivity index (χ4n) is 6.84. The first kappa shape index (κ1) is 59.8. The average molecular weight is 1110 g/mol. The van der Waals surface area contributed by atoms with Crippen LogP contribution in [0.1, 0.15) is 65.9 Å². The molecule has 0 aliphatic carbocycles. The molecule has 2 heterocycles. The summed E-state index contributed by atoms with van der Waals surface area (Å²) in [4.78, 5) is 71.3. The van der Waals surface area contributed by atoms with Gasteiger partial charge in [0.2, 0.25) is 17.7 Å². The molecule has 400 valence electrons. The number of carbonyl (C=O) groups excluding carboxylic acids is 3. The van der Waals surface area contributed by atoms with E-state index in [1.807, 2.05) is 0 Å². The van der Waals surface area contributed by atoms with Crippen LogP contribution in [0.25, 0.3) is 0 Å². The van der Waals surface area contributed by atoms with E-state index in [0.29, 0.717) is 12.8 Å². The number of hydrogen-bond acceptors (Lipinski definition) is 14. The number of nitro groups is 2. The van der Waals surface area contributed by atoms with Crippen LogP contribution >= 0.6 is 38.2 Å². The predicted molar refractivity (Wildman–Crippen MR) is 254 cm³/mol. The number of unbranched alkanes of at least 4 members (excludes halogenated alkanes) is 2. The molecule has 0 radical (unpaired) electrons. The maximum absolute atomic E-state index is 16.3. The lowest BCUT2D eigenvalue weighted by Crippen LogP contribution is -2.54. The summed E-state index contributed by atoms with van der Waals surface area (Å²) in [5.41, 5.74) is -4.33. The van der Waals surface area contributed by atoms with Crippen molar-refractivity contribution in [2.75, 3.05) is 38.9 Å². The van der Waals surface area contributed by atoms with Crippen LogP contribution in [0.2, 0.25) is 0 Å². The molecule has 2 aromatic heterocycles. The third kappa shape index (κ3) is 15.7. The van der Waals surface area contributed by atoms with Gasteiger partial charge in [-0.15, -0.1) is 23.2 Å². The zero-order chi connectivity index (χ0) is 54.3. The first-order chi connectivity index (χ1) is 34.3. The number of primary amides is 1. The molecule has 2 aromatic carbocycles. The molecule has 0 fully saturated rings. The molecule has 4 aromatic rings. The molecule has 0 aliphatic heterocycles. The fraction of sp³-hybridized carbons (Fsp3) is 0.442. The van der Waals surface area contributed by atoms with Crippen LogP contribution in [-0.2, 0) is 74.7 Å². The van der Waals surface area contributed by atoms with E-state index < -0.39 is 127 Å². The lowest BCUT2D eigenvalue weighted by atomic mass is 10.0. The summed E-state index contributed by atoms with van der Waals surface area (Å²) in [7, 11) is -8.07. The molecule has 4 rings (SSSR count). The van der Waals surface area contributed by atoms with Crippen molar-refractivity contribution in [1.82, 2.24) is 20.0 Å². The standard InChI is InChI=1S/C43H51Cl2F4N7O15P2/c1-53(21-5-3-19-44)72(66,68-26-32-15-17-37(70-32)55(62)63)42(46,47)30-11-7-28(8-12-30)23-34(40(50)60)52-41(61)35(25-39(58)59)51-36(57)24-29-9-13-31(14-10-29)43(48,49)73(67,54(2)22-6-4-20-45)69-27-33-16-18-38(71-33)56(64)65/h7-18,34-35H,3-6,19-27H2,1-2H3,(H2,50,60)(H,51,57)(H,52,61)(H,58,59)/t34-,35-,72?,73?/m0/s1. The van der Waals surface area contributed by atoms with Gasteiger partial charge in [-0.3, -0.25) is 48.5 Å². The maximum Gasteiger partial charge on any atom is 0.433 e. The Bertz CT molecular complexity index is 2660. The Balaban J connectivity index is 1.47. The van der Waals surface area contributed by atoms with Crippen LogP contribution in [0.4, 0.5) is 29.3 Å². The zero-order valence-electron chi connectivity index (χ0n) is 39.0. The first-order valence-corrected chi connectivity index (χ1v) is 26.1. The average Bonchev–Trinajstić information content (AvgIpc) is 4.03. The lowest BCUT2D eigenvalue weighted by molar-refractivity contribution is -0.402. The van der Waals surface area contributed by atoms with Gasteiger partial charge in [0.1, 0.15) is 46.7 Å². The number of rotatable bonds is 32. The number of nitrogens with zero attached hydrogens (tertiary/aromatic N) is 4. The largest absolute Gasteiger partial charge is 0.481 e. The first-order valence-electron chi connectivity index (χ1n) is 21.9. The van der Waals surface area contributed by atoms with E-state index in [4.69, 9.17) is 46.8 Å². The second-order valence-corrected chi connectivity index (χ2v) is 22.0. The van der Waals surface area contributed by atoms with E-state index >= 15 is 17.6 Å². The molecule has 3 amide bonds. The van der Waals surface area contributed by atoms with Crippen LogP contribution in [0.5, 0.6) is 0 Å². The van der Waals surface area contributed by atoms with Crippen molar-refractivity contribution >= 4 is 73.7 Å². The highest BCUT2D eigenvalue weighted by molar-refractivity contribution is 7.57. The summed E-state index contributed by atoms with van der Waals surface area (Å²) in [5, 5.41) is 36.1. The molecule has 30 heteroatoms. The Morgan fingerprint density at radius 3 is 1.51 bits per heavy atom. The second kappa shape index (κ2) is 26.5. The van der Waals surface area contributed by atoms with Gasteiger partial charge in [0, 0.05) is 42.4 Å². The van der Waals surface area contributed by atoms with Gasteiger partial charge in [0.15, 0.2) is 0 Å². The summed E-state index contributed by atoms with van der Waals surface area (Å²) in [6.07, 6.45) is -0.813. The Morgan fingerprint density at radius 1 is 0.712 bits per heavy atom. The number of carbonyl (C=O) groups is 4.